The quantitative estimate of drug-likeness (QED) is 0.902. The van der Waals surface area contributed by atoms with Gasteiger partial charge in [0.1, 0.15) is 5.82 Å². The fourth-order valence-electron chi connectivity index (χ4n) is 2.41. The molecule has 4 heteroatoms. The second-order valence-electron chi connectivity index (χ2n) is 4.90. The van der Waals surface area contributed by atoms with Gasteiger partial charge in [0.25, 0.3) is 0 Å². The van der Waals surface area contributed by atoms with E-state index in [-0.39, 0.29) is 6.04 Å². The van der Waals surface area contributed by atoms with Crippen molar-refractivity contribution < 1.29 is 0 Å². The Morgan fingerprint density at radius 1 is 1.33 bits per heavy atom. The van der Waals surface area contributed by atoms with Crippen LogP contribution in [0.4, 0.5) is 0 Å². The first-order valence-corrected chi connectivity index (χ1v) is 6.63. The summed E-state index contributed by atoms with van der Waals surface area (Å²) in [6, 6.07) is 8.20. The number of hydrogen-bond donors (Lipinski definition) is 1. The molecule has 1 aliphatic heterocycles. The molecule has 1 atom stereocenters. The summed E-state index contributed by atoms with van der Waals surface area (Å²) in [7, 11) is 0. The summed E-state index contributed by atoms with van der Waals surface area (Å²) in [6.45, 7) is 0.990. The van der Waals surface area contributed by atoms with Gasteiger partial charge in [0, 0.05) is 36.6 Å². The number of hydrogen-bond acceptors (Lipinski definition) is 2. The van der Waals surface area contributed by atoms with E-state index in [1.54, 1.807) is 0 Å². The highest BCUT2D eigenvalue weighted by Gasteiger charge is 2.17. The van der Waals surface area contributed by atoms with Crippen molar-refractivity contribution in [1.29, 1.82) is 0 Å². The number of nitrogens with two attached hydrogens (primary N) is 1. The van der Waals surface area contributed by atoms with E-state index in [2.05, 4.69) is 15.7 Å². The van der Waals surface area contributed by atoms with Crippen LogP contribution in [0.15, 0.2) is 30.5 Å². The zero-order chi connectivity index (χ0) is 12.5. The van der Waals surface area contributed by atoms with Crippen LogP contribution in [0.25, 0.3) is 0 Å². The molecule has 0 amide bonds. The predicted molar refractivity (Wildman–Crippen MR) is 72.8 cm³/mol. The molecule has 2 N–H and O–H groups in total. The summed E-state index contributed by atoms with van der Waals surface area (Å²) in [5.41, 5.74) is 8.31. The number of benzene rings is 1. The maximum absolute atomic E-state index is 5.96. The lowest BCUT2D eigenvalue weighted by molar-refractivity contribution is 0.463. The molecule has 0 fully saturated rings. The number of halogens is 1. The van der Waals surface area contributed by atoms with E-state index in [9.17, 15) is 0 Å². The van der Waals surface area contributed by atoms with Crippen molar-refractivity contribution in [1.82, 2.24) is 9.55 Å². The Balaban J connectivity index is 1.79. The van der Waals surface area contributed by atoms with Crippen molar-refractivity contribution in [2.45, 2.75) is 31.8 Å². The summed E-state index contributed by atoms with van der Waals surface area (Å²) in [5, 5.41) is 0.772. The largest absolute Gasteiger partial charge is 0.335 e. The van der Waals surface area contributed by atoms with Gasteiger partial charge in [0.15, 0.2) is 0 Å². The Hall–Kier alpha value is -1.32. The molecule has 3 rings (SSSR count). The number of rotatable bonds is 2. The third-order valence-corrected chi connectivity index (χ3v) is 3.65. The molecule has 1 aromatic carbocycles. The van der Waals surface area contributed by atoms with Crippen LogP contribution in [0.5, 0.6) is 0 Å². The van der Waals surface area contributed by atoms with E-state index in [1.165, 1.54) is 5.56 Å². The van der Waals surface area contributed by atoms with E-state index in [0.29, 0.717) is 0 Å². The molecule has 1 aromatic heterocycles. The molecule has 94 valence electrons. The van der Waals surface area contributed by atoms with E-state index in [4.69, 9.17) is 17.3 Å². The number of imidazole rings is 1. The van der Waals surface area contributed by atoms with Crippen molar-refractivity contribution in [2.24, 2.45) is 5.73 Å². The molecule has 0 saturated carbocycles. The van der Waals surface area contributed by atoms with Crippen LogP contribution in [0.1, 0.15) is 23.5 Å². The lowest BCUT2D eigenvalue weighted by atomic mass is 10.1. The first-order chi connectivity index (χ1) is 8.70. The lowest BCUT2D eigenvalue weighted by Gasteiger charge is -2.18. The minimum Gasteiger partial charge on any atom is -0.335 e. The van der Waals surface area contributed by atoms with Crippen LogP contribution in [-0.4, -0.2) is 15.6 Å². The smallest absolute Gasteiger partial charge is 0.110 e. The molecule has 1 unspecified atom stereocenters. The first-order valence-electron chi connectivity index (χ1n) is 6.25. The van der Waals surface area contributed by atoms with Gasteiger partial charge >= 0.3 is 0 Å². The maximum atomic E-state index is 5.96. The molecule has 0 radical (unpaired) electrons. The summed E-state index contributed by atoms with van der Waals surface area (Å²) >= 11 is 5.88. The maximum Gasteiger partial charge on any atom is 0.110 e. The Bertz CT molecular complexity index is 545. The lowest BCUT2D eigenvalue weighted by Crippen LogP contribution is -2.30. The van der Waals surface area contributed by atoms with E-state index < -0.39 is 0 Å². The second-order valence-corrected chi connectivity index (χ2v) is 5.33. The molecule has 0 aliphatic carbocycles. The van der Waals surface area contributed by atoms with Gasteiger partial charge in [-0.3, -0.25) is 0 Å². The Morgan fingerprint density at radius 3 is 2.89 bits per heavy atom. The zero-order valence-electron chi connectivity index (χ0n) is 10.1. The van der Waals surface area contributed by atoms with Crippen molar-refractivity contribution >= 4 is 11.6 Å². The molecule has 1 aliphatic rings. The van der Waals surface area contributed by atoms with Gasteiger partial charge in [-0.1, -0.05) is 23.7 Å². The van der Waals surface area contributed by atoms with E-state index in [0.717, 1.165) is 42.3 Å². The predicted octanol–water partition coefficient (Wildman–Crippen LogP) is 2.40. The van der Waals surface area contributed by atoms with Crippen LogP contribution in [0.3, 0.4) is 0 Å². The van der Waals surface area contributed by atoms with E-state index >= 15 is 0 Å². The minimum atomic E-state index is 0.267. The van der Waals surface area contributed by atoms with E-state index in [1.807, 2.05) is 24.3 Å². The van der Waals surface area contributed by atoms with Crippen molar-refractivity contribution in [3.8, 4) is 0 Å². The SMILES string of the molecule is NC1CCn2cc(Cc3ccc(Cl)cc3)nc2C1. The highest BCUT2D eigenvalue weighted by molar-refractivity contribution is 6.30. The highest BCUT2D eigenvalue weighted by Crippen LogP contribution is 2.17. The number of aryl methyl sites for hydroxylation is 1. The number of aromatic nitrogens is 2. The topological polar surface area (TPSA) is 43.8 Å². The Labute approximate surface area is 112 Å². The summed E-state index contributed by atoms with van der Waals surface area (Å²) in [5.74, 6) is 1.12. The molecule has 0 spiro atoms. The Morgan fingerprint density at radius 2 is 2.11 bits per heavy atom. The van der Waals surface area contributed by atoms with Gasteiger partial charge in [0.2, 0.25) is 0 Å². The molecule has 2 aromatic rings. The van der Waals surface area contributed by atoms with Gasteiger partial charge < -0.3 is 10.3 Å². The van der Waals surface area contributed by atoms with Crippen molar-refractivity contribution in [3.63, 3.8) is 0 Å². The highest BCUT2D eigenvalue weighted by atomic mass is 35.5. The van der Waals surface area contributed by atoms with Gasteiger partial charge in [-0.25, -0.2) is 4.98 Å². The summed E-state index contributed by atoms with van der Waals surface area (Å²) in [6.07, 6.45) is 4.94. The van der Waals surface area contributed by atoms with Crippen molar-refractivity contribution in [2.75, 3.05) is 0 Å². The third kappa shape index (κ3) is 2.42. The normalized spacial score (nSPS) is 18.7. The van der Waals surface area contributed by atoms with Gasteiger partial charge in [-0.2, -0.15) is 0 Å². The van der Waals surface area contributed by atoms with Gasteiger partial charge in [-0.05, 0) is 24.1 Å². The number of nitrogens with zero attached hydrogens (tertiary/aromatic N) is 2. The average molecular weight is 262 g/mol. The zero-order valence-corrected chi connectivity index (χ0v) is 10.9. The molecular weight excluding hydrogens is 246 g/mol. The van der Waals surface area contributed by atoms with Crippen LogP contribution in [0, 0.1) is 0 Å². The monoisotopic (exact) mass is 261 g/mol. The van der Waals surface area contributed by atoms with Crippen molar-refractivity contribution in [3.05, 3.63) is 52.6 Å². The first kappa shape index (κ1) is 11.8. The molecular formula is C14H16ClN3. The average Bonchev–Trinajstić information content (AvgIpc) is 2.73. The summed E-state index contributed by atoms with van der Waals surface area (Å²) in [4.78, 5) is 4.67. The molecule has 0 bridgehead atoms. The standard InChI is InChI=1S/C14H16ClN3/c15-11-3-1-10(2-4-11)7-13-9-18-6-5-12(16)8-14(18)17-13/h1-4,9,12H,5-8,16H2. The van der Waals surface area contributed by atoms with Crippen LogP contribution in [-0.2, 0) is 19.4 Å². The molecule has 2 heterocycles. The molecule has 18 heavy (non-hydrogen) atoms. The summed E-state index contributed by atoms with van der Waals surface area (Å²) < 4.78 is 2.23. The number of fused-ring (bicyclic) bond motifs is 1. The van der Waals surface area contributed by atoms with Crippen LogP contribution < -0.4 is 5.73 Å². The fourth-order valence-corrected chi connectivity index (χ4v) is 2.53. The van der Waals surface area contributed by atoms with Gasteiger partial charge in [0.05, 0.1) is 5.69 Å². The van der Waals surface area contributed by atoms with Crippen LogP contribution >= 0.6 is 11.6 Å². The Kier molecular flexibility index (Phi) is 3.10. The molecule has 0 saturated heterocycles. The second kappa shape index (κ2) is 4.75. The third-order valence-electron chi connectivity index (χ3n) is 3.39. The molecule has 3 nitrogen and oxygen atoms in total. The van der Waals surface area contributed by atoms with Gasteiger partial charge in [-0.15, -0.1) is 0 Å². The fraction of sp³-hybridized carbons (Fsp3) is 0.357. The minimum absolute atomic E-state index is 0.267. The van der Waals surface area contributed by atoms with Crippen LogP contribution in [0.2, 0.25) is 5.02 Å².